The molecule has 0 spiro atoms. The zero-order chi connectivity index (χ0) is 18.8. The number of amides is 2. The minimum Gasteiger partial charge on any atom is -0.496 e. The fraction of sp³-hybridized carbons (Fsp3) is 0.500. The molecule has 0 saturated heterocycles. The molecule has 0 aromatic heterocycles. The zero-order valence-electron chi connectivity index (χ0n) is 14.9. The summed E-state index contributed by atoms with van der Waals surface area (Å²) in [4.78, 5) is 34.8. The number of carboxylic acids is 1. The summed E-state index contributed by atoms with van der Waals surface area (Å²) in [6, 6.07) is 6.47. The summed E-state index contributed by atoms with van der Waals surface area (Å²) in [5, 5.41) is 14.0. The van der Waals surface area contributed by atoms with E-state index in [1.165, 1.54) is 0 Å². The van der Waals surface area contributed by atoms with Crippen molar-refractivity contribution in [2.24, 2.45) is 5.92 Å². The van der Waals surface area contributed by atoms with Crippen molar-refractivity contribution >= 4 is 17.8 Å². The van der Waals surface area contributed by atoms with Crippen molar-refractivity contribution in [2.45, 2.75) is 39.2 Å². The third kappa shape index (κ3) is 7.69. The highest BCUT2D eigenvalue weighted by Crippen LogP contribution is 2.18. The second-order valence-corrected chi connectivity index (χ2v) is 6.18. The Morgan fingerprint density at radius 2 is 1.84 bits per heavy atom. The number of hydrogen-bond acceptors (Lipinski definition) is 4. The number of aliphatic carboxylic acids is 1. The lowest BCUT2D eigenvalue weighted by molar-refractivity contribution is -0.142. The van der Waals surface area contributed by atoms with E-state index in [-0.39, 0.29) is 24.8 Å². The molecule has 0 aliphatic carbocycles. The molecule has 0 unspecified atom stereocenters. The Hall–Kier alpha value is -2.57. The van der Waals surface area contributed by atoms with E-state index in [2.05, 4.69) is 10.6 Å². The summed E-state index contributed by atoms with van der Waals surface area (Å²) in [6.07, 6.45) is 1.04. The average Bonchev–Trinajstić information content (AvgIpc) is 2.57. The van der Waals surface area contributed by atoms with E-state index < -0.39 is 17.9 Å². The first-order chi connectivity index (χ1) is 11.8. The Morgan fingerprint density at radius 3 is 2.44 bits per heavy atom. The monoisotopic (exact) mass is 350 g/mol. The molecule has 1 atom stereocenters. The molecule has 0 aliphatic heterocycles. The lowest BCUT2D eigenvalue weighted by Crippen LogP contribution is -2.46. The van der Waals surface area contributed by atoms with Gasteiger partial charge in [-0.1, -0.05) is 32.0 Å². The first-order valence-electron chi connectivity index (χ1n) is 8.24. The molecule has 7 heteroatoms. The second kappa shape index (κ2) is 10.3. The van der Waals surface area contributed by atoms with E-state index >= 15 is 0 Å². The summed E-state index contributed by atoms with van der Waals surface area (Å²) < 4.78 is 5.22. The number of methoxy groups -OCH3 is 1. The number of carboxylic acid groups (broad SMARTS) is 1. The van der Waals surface area contributed by atoms with Gasteiger partial charge in [-0.2, -0.15) is 0 Å². The van der Waals surface area contributed by atoms with E-state index in [9.17, 15) is 14.4 Å². The van der Waals surface area contributed by atoms with Crippen LogP contribution in [0, 0.1) is 5.92 Å². The second-order valence-electron chi connectivity index (χ2n) is 6.18. The quantitative estimate of drug-likeness (QED) is 0.591. The predicted molar refractivity (Wildman–Crippen MR) is 93.3 cm³/mol. The molecule has 0 heterocycles. The van der Waals surface area contributed by atoms with E-state index in [0.29, 0.717) is 18.6 Å². The van der Waals surface area contributed by atoms with Crippen LogP contribution < -0.4 is 15.4 Å². The normalized spacial score (nSPS) is 11.7. The zero-order valence-corrected chi connectivity index (χ0v) is 14.9. The van der Waals surface area contributed by atoms with Gasteiger partial charge >= 0.3 is 5.97 Å². The van der Waals surface area contributed by atoms with E-state index in [1.807, 2.05) is 38.1 Å². The topological polar surface area (TPSA) is 105 Å². The van der Waals surface area contributed by atoms with Crippen molar-refractivity contribution in [3.05, 3.63) is 29.8 Å². The molecule has 0 aliphatic rings. The highest BCUT2D eigenvalue weighted by molar-refractivity contribution is 5.87. The molecule has 1 aromatic carbocycles. The van der Waals surface area contributed by atoms with Crippen LogP contribution >= 0.6 is 0 Å². The van der Waals surface area contributed by atoms with Crippen molar-refractivity contribution in [1.29, 1.82) is 0 Å². The summed E-state index contributed by atoms with van der Waals surface area (Å²) in [5.74, 6) is -1.03. The molecule has 2 amide bonds. The molecule has 1 aromatic rings. The molecule has 7 nitrogen and oxygen atoms in total. The summed E-state index contributed by atoms with van der Waals surface area (Å²) >= 11 is 0. The van der Waals surface area contributed by atoms with Crippen molar-refractivity contribution in [3.63, 3.8) is 0 Å². The number of ether oxygens (including phenoxy) is 1. The fourth-order valence-electron chi connectivity index (χ4n) is 2.36. The number of nitrogens with one attached hydrogen (secondary N) is 2. The highest BCUT2D eigenvalue weighted by atomic mass is 16.5. The van der Waals surface area contributed by atoms with Crippen molar-refractivity contribution in [1.82, 2.24) is 10.6 Å². The van der Waals surface area contributed by atoms with Crippen LogP contribution in [0.5, 0.6) is 5.75 Å². The Morgan fingerprint density at radius 1 is 1.16 bits per heavy atom. The van der Waals surface area contributed by atoms with Crippen LogP contribution in [0.25, 0.3) is 0 Å². The van der Waals surface area contributed by atoms with Crippen LogP contribution in [0.4, 0.5) is 0 Å². The van der Waals surface area contributed by atoms with Crippen LogP contribution in [0.1, 0.15) is 32.3 Å². The van der Waals surface area contributed by atoms with Gasteiger partial charge in [0, 0.05) is 6.42 Å². The fourth-order valence-corrected chi connectivity index (χ4v) is 2.36. The first kappa shape index (κ1) is 20.5. The van der Waals surface area contributed by atoms with Crippen LogP contribution in [-0.2, 0) is 20.8 Å². The van der Waals surface area contributed by atoms with E-state index in [1.54, 1.807) is 7.11 Å². The SMILES string of the molecule is COc1ccccc1CCC(=O)NCC(=O)N[C@@H](CC(C)C)C(=O)O. The number of carbonyl (C=O) groups is 3. The third-order valence-corrected chi connectivity index (χ3v) is 3.60. The minimum atomic E-state index is -1.08. The highest BCUT2D eigenvalue weighted by Gasteiger charge is 2.21. The van der Waals surface area contributed by atoms with E-state index in [0.717, 1.165) is 5.56 Å². The average molecular weight is 350 g/mol. The van der Waals surface area contributed by atoms with Gasteiger partial charge in [-0.3, -0.25) is 9.59 Å². The van der Waals surface area contributed by atoms with Crippen molar-refractivity contribution in [2.75, 3.05) is 13.7 Å². The number of carbonyl (C=O) groups excluding carboxylic acids is 2. The maximum Gasteiger partial charge on any atom is 0.326 e. The molecular formula is C18H26N2O5. The third-order valence-electron chi connectivity index (χ3n) is 3.60. The first-order valence-corrected chi connectivity index (χ1v) is 8.24. The van der Waals surface area contributed by atoms with Gasteiger partial charge in [-0.05, 0) is 30.4 Å². The summed E-state index contributed by atoms with van der Waals surface area (Å²) in [7, 11) is 1.57. The van der Waals surface area contributed by atoms with Crippen LogP contribution in [-0.4, -0.2) is 42.6 Å². The van der Waals surface area contributed by atoms with Crippen LogP contribution in [0.2, 0.25) is 0 Å². The van der Waals surface area contributed by atoms with Crippen molar-refractivity contribution < 1.29 is 24.2 Å². The Labute approximate surface area is 147 Å². The Kier molecular flexibility index (Phi) is 8.46. The van der Waals surface area contributed by atoms with Gasteiger partial charge in [0.1, 0.15) is 11.8 Å². The molecule has 0 bridgehead atoms. The Balaban J connectivity index is 2.40. The molecule has 25 heavy (non-hydrogen) atoms. The van der Waals surface area contributed by atoms with Crippen molar-refractivity contribution in [3.8, 4) is 5.75 Å². The Bertz CT molecular complexity index is 601. The number of rotatable bonds is 10. The van der Waals surface area contributed by atoms with Gasteiger partial charge in [-0.15, -0.1) is 0 Å². The largest absolute Gasteiger partial charge is 0.496 e. The van der Waals surface area contributed by atoms with Gasteiger partial charge in [0.15, 0.2) is 0 Å². The molecule has 0 fully saturated rings. The van der Waals surface area contributed by atoms with Gasteiger partial charge in [0.05, 0.1) is 13.7 Å². The molecule has 0 radical (unpaired) electrons. The molecule has 3 N–H and O–H groups in total. The number of hydrogen-bond donors (Lipinski definition) is 3. The van der Waals surface area contributed by atoms with Crippen LogP contribution in [0.15, 0.2) is 24.3 Å². The lowest BCUT2D eigenvalue weighted by Gasteiger charge is -2.16. The maximum atomic E-state index is 11.9. The van der Waals surface area contributed by atoms with Gasteiger partial charge < -0.3 is 20.5 Å². The van der Waals surface area contributed by atoms with Gasteiger partial charge in [0.25, 0.3) is 0 Å². The summed E-state index contributed by atoms with van der Waals surface area (Å²) in [5.41, 5.74) is 0.910. The lowest BCUT2D eigenvalue weighted by atomic mass is 10.0. The number of aryl methyl sites for hydroxylation is 1. The van der Waals surface area contributed by atoms with E-state index in [4.69, 9.17) is 9.84 Å². The summed E-state index contributed by atoms with van der Waals surface area (Å²) in [6.45, 7) is 3.51. The molecule has 138 valence electrons. The molecule has 1 rings (SSSR count). The number of benzene rings is 1. The number of para-hydroxylation sites is 1. The van der Waals surface area contributed by atoms with Crippen LogP contribution in [0.3, 0.4) is 0 Å². The smallest absolute Gasteiger partial charge is 0.326 e. The van der Waals surface area contributed by atoms with Gasteiger partial charge in [0.2, 0.25) is 11.8 Å². The maximum absolute atomic E-state index is 11.9. The standard InChI is InChI=1S/C18H26N2O5/c1-12(2)10-14(18(23)24)20-17(22)11-19-16(21)9-8-13-6-4-5-7-15(13)25-3/h4-7,12,14H,8-11H2,1-3H3,(H,19,21)(H,20,22)(H,23,24)/t14-/m0/s1. The predicted octanol–water partition coefficient (Wildman–Crippen LogP) is 1.36. The molecular weight excluding hydrogens is 324 g/mol. The van der Waals surface area contributed by atoms with Gasteiger partial charge in [-0.25, -0.2) is 4.79 Å². The minimum absolute atomic E-state index is 0.136. The molecule has 0 saturated carbocycles.